The molecule has 6 heteroatoms. The summed E-state index contributed by atoms with van der Waals surface area (Å²) in [4.78, 5) is 2.67. The predicted molar refractivity (Wildman–Crippen MR) is 124 cm³/mol. The Morgan fingerprint density at radius 2 is 1.93 bits per heavy atom. The van der Waals surface area contributed by atoms with Crippen LogP contribution in [0.2, 0.25) is 0 Å². The quantitative estimate of drug-likeness (QED) is 0.439. The van der Waals surface area contributed by atoms with Crippen molar-refractivity contribution >= 4 is 11.8 Å². The first-order valence-corrected chi connectivity index (χ1v) is 13.0. The summed E-state index contributed by atoms with van der Waals surface area (Å²) in [7, 11) is 2.14. The average Bonchev–Trinajstić information content (AvgIpc) is 3.36. The van der Waals surface area contributed by atoms with Gasteiger partial charge >= 0.3 is 0 Å². The van der Waals surface area contributed by atoms with Gasteiger partial charge in [0.15, 0.2) is 5.16 Å². The zero-order valence-electron chi connectivity index (χ0n) is 19.5. The highest BCUT2D eigenvalue weighted by Gasteiger charge is 2.30. The molecule has 0 aromatic carbocycles. The second-order valence-corrected chi connectivity index (χ2v) is 11.2. The second-order valence-electron chi connectivity index (χ2n) is 10.2. The van der Waals surface area contributed by atoms with Gasteiger partial charge in [-0.05, 0) is 76.8 Å². The number of hydrogen-bond acceptors (Lipinski definition) is 5. The van der Waals surface area contributed by atoms with Gasteiger partial charge in [-0.1, -0.05) is 36.8 Å². The molecule has 3 heterocycles. The Labute approximate surface area is 187 Å². The molecule has 0 saturated carbocycles. The summed E-state index contributed by atoms with van der Waals surface area (Å²) in [6.07, 6.45) is 10.4. The third-order valence-corrected chi connectivity index (χ3v) is 8.76. The summed E-state index contributed by atoms with van der Waals surface area (Å²) in [6.45, 7) is 11.8. The van der Waals surface area contributed by atoms with Gasteiger partial charge in [0.05, 0.1) is 6.10 Å². The molecule has 0 N–H and O–H groups in total. The maximum Gasteiger partial charge on any atom is 0.191 e. The Morgan fingerprint density at radius 1 is 1.13 bits per heavy atom. The van der Waals surface area contributed by atoms with Crippen LogP contribution in [0, 0.1) is 5.41 Å². The number of hydrogen-bond donors (Lipinski definition) is 0. The van der Waals surface area contributed by atoms with E-state index in [1.807, 2.05) is 0 Å². The Balaban J connectivity index is 1.26. The van der Waals surface area contributed by atoms with Gasteiger partial charge in [0.25, 0.3) is 0 Å². The molecule has 30 heavy (non-hydrogen) atoms. The van der Waals surface area contributed by atoms with Crippen LogP contribution in [-0.4, -0.2) is 57.8 Å². The Hall–Kier alpha value is -0.850. The Bertz CT molecular complexity index is 742. The molecule has 0 radical (unpaired) electrons. The van der Waals surface area contributed by atoms with Crippen LogP contribution in [0.3, 0.4) is 0 Å². The maximum atomic E-state index is 5.75. The molecule has 2 fully saturated rings. The van der Waals surface area contributed by atoms with E-state index < -0.39 is 0 Å². The monoisotopic (exact) mass is 432 g/mol. The van der Waals surface area contributed by atoms with Crippen molar-refractivity contribution in [1.82, 2.24) is 19.7 Å². The fraction of sp³-hybridized carbons (Fsp3) is 0.833. The SMILES string of the molecule is CC1=C(CCN2CCC(c3nnc(SC[C@@H]4CCCO4)n3C)CC2)C(C)(C)CCC1. The molecule has 0 amide bonds. The lowest BCUT2D eigenvalue weighted by molar-refractivity contribution is 0.129. The largest absolute Gasteiger partial charge is 0.377 e. The summed E-state index contributed by atoms with van der Waals surface area (Å²) in [5.74, 6) is 2.72. The van der Waals surface area contributed by atoms with Gasteiger partial charge in [0, 0.05) is 31.9 Å². The van der Waals surface area contributed by atoms with Gasteiger partial charge in [-0.15, -0.1) is 10.2 Å². The highest BCUT2D eigenvalue weighted by Crippen LogP contribution is 2.42. The minimum Gasteiger partial charge on any atom is -0.377 e. The first kappa shape index (κ1) is 22.3. The van der Waals surface area contributed by atoms with E-state index in [9.17, 15) is 0 Å². The van der Waals surface area contributed by atoms with E-state index in [0.29, 0.717) is 17.4 Å². The van der Waals surface area contributed by atoms with Crippen molar-refractivity contribution in [2.24, 2.45) is 12.5 Å². The van der Waals surface area contributed by atoms with Crippen molar-refractivity contribution in [3.63, 3.8) is 0 Å². The fourth-order valence-corrected chi connectivity index (χ4v) is 6.65. The molecule has 168 valence electrons. The van der Waals surface area contributed by atoms with Gasteiger partial charge < -0.3 is 14.2 Å². The van der Waals surface area contributed by atoms with E-state index in [2.05, 4.69) is 47.5 Å². The van der Waals surface area contributed by atoms with Crippen LogP contribution in [0.25, 0.3) is 0 Å². The lowest BCUT2D eigenvalue weighted by Crippen LogP contribution is -2.35. The van der Waals surface area contributed by atoms with Crippen LogP contribution in [0.5, 0.6) is 0 Å². The third kappa shape index (κ3) is 5.13. The van der Waals surface area contributed by atoms with Crippen molar-refractivity contribution in [3.8, 4) is 0 Å². The molecular weight excluding hydrogens is 392 g/mol. The van der Waals surface area contributed by atoms with Crippen LogP contribution in [0.1, 0.15) is 83.9 Å². The van der Waals surface area contributed by atoms with Crippen LogP contribution < -0.4 is 0 Å². The van der Waals surface area contributed by atoms with Crippen molar-refractivity contribution in [1.29, 1.82) is 0 Å². The Morgan fingerprint density at radius 3 is 2.63 bits per heavy atom. The molecule has 2 saturated heterocycles. The predicted octanol–water partition coefficient (Wildman–Crippen LogP) is 5.18. The highest BCUT2D eigenvalue weighted by atomic mass is 32.2. The standard InChI is InChI=1S/C24H40N4OS/c1-18-7-5-12-24(2,3)21(18)11-15-28-13-9-19(10-14-28)22-25-26-23(27(22)4)30-17-20-8-6-16-29-20/h19-20H,5-17H2,1-4H3/t20-/m0/s1. The average molecular weight is 433 g/mol. The molecular formula is C24H40N4OS. The van der Waals surface area contributed by atoms with Gasteiger partial charge in [-0.3, -0.25) is 0 Å². The molecule has 1 aliphatic carbocycles. The zero-order valence-corrected chi connectivity index (χ0v) is 20.3. The van der Waals surface area contributed by atoms with E-state index >= 15 is 0 Å². The number of likely N-dealkylation sites (tertiary alicyclic amines) is 1. The van der Waals surface area contributed by atoms with Gasteiger partial charge in [0.1, 0.15) is 5.82 Å². The molecule has 1 atom stereocenters. The number of ether oxygens (including phenoxy) is 1. The normalized spacial score (nSPS) is 25.9. The minimum atomic E-state index is 0.395. The van der Waals surface area contributed by atoms with Crippen LogP contribution in [0.4, 0.5) is 0 Å². The van der Waals surface area contributed by atoms with Crippen molar-refractivity contribution in [2.45, 2.75) is 89.3 Å². The molecule has 0 bridgehead atoms. The second kappa shape index (κ2) is 9.74. The van der Waals surface area contributed by atoms with Crippen LogP contribution in [-0.2, 0) is 11.8 Å². The number of piperidine rings is 1. The van der Waals surface area contributed by atoms with E-state index in [-0.39, 0.29) is 0 Å². The van der Waals surface area contributed by atoms with Crippen LogP contribution in [0.15, 0.2) is 16.3 Å². The fourth-order valence-electron chi connectivity index (χ4n) is 5.66. The molecule has 5 nitrogen and oxygen atoms in total. The lowest BCUT2D eigenvalue weighted by atomic mass is 9.71. The van der Waals surface area contributed by atoms with Crippen LogP contribution >= 0.6 is 11.8 Å². The first-order chi connectivity index (χ1) is 14.4. The molecule has 0 spiro atoms. The number of thioether (sulfide) groups is 1. The Kier molecular flexibility index (Phi) is 7.26. The molecule has 1 aromatic heterocycles. The maximum absolute atomic E-state index is 5.75. The summed E-state index contributed by atoms with van der Waals surface area (Å²) in [5.41, 5.74) is 3.79. The van der Waals surface area contributed by atoms with Gasteiger partial charge in [0.2, 0.25) is 0 Å². The number of aromatic nitrogens is 3. The smallest absolute Gasteiger partial charge is 0.191 e. The number of allylic oxidation sites excluding steroid dienone is 1. The van der Waals surface area contributed by atoms with E-state index in [1.165, 1.54) is 76.8 Å². The number of rotatable bonds is 7. The van der Waals surface area contributed by atoms with Gasteiger partial charge in [-0.2, -0.15) is 0 Å². The minimum absolute atomic E-state index is 0.395. The first-order valence-electron chi connectivity index (χ1n) is 12.0. The molecule has 2 aliphatic heterocycles. The van der Waals surface area contributed by atoms with E-state index in [0.717, 1.165) is 17.5 Å². The summed E-state index contributed by atoms with van der Waals surface area (Å²) in [5, 5.41) is 10.1. The molecule has 0 unspecified atom stereocenters. The zero-order chi connectivity index (χ0) is 21.1. The van der Waals surface area contributed by atoms with Crippen molar-refractivity contribution < 1.29 is 4.74 Å². The molecule has 3 aliphatic rings. The number of nitrogens with zero attached hydrogens (tertiary/aromatic N) is 4. The van der Waals surface area contributed by atoms with E-state index in [4.69, 9.17) is 4.74 Å². The summed E-state index contributed by atoms with van der Waals surface area (Å²) >= 11 is 1.80. The van der Waals surface area contributed by atoms with E-state index in [1.54, 1.807) is 22.9 Å². The van der Waals surface area contributed by atoms with Crippen molar-refractivity contribution in [2.75, 3.05) is 32.0 Å². The highest BCUT2D eigenvalue weighted by molar-refractivity contribution is 7.99. The topological polar surface area (TPSA) is 43.2 Å². The molecule has 4 rings (SSSR count). The van der Waals surface area contributed by atoms with Gasteiger partial charge in [-0.25, -0.2) is 0 Å². The molecule has 1 aromatic rings. The van der Waals surface area contributed by atoms with Crippen molar-refractivity contribution in [3.05, 3.63) is 17.0 Å². The third-order valence-electron chi connectivity index (χ3n) is 7.61. The lowest BCUT2D eigenvalue weighted by Gasteiger charge is -2.37. The summed E-state index contributed by atoms with van der Waals surface area (Å²) in [6, 6.07) is 0. The summed E-state index contributed by atoms with van der Waals surface area (Å²) < 4.78 is 7.98.